The van der Waals surface area contributed by atoms with Gasteiger partial charge in [-0.1, -0.05) is 65.4 Å². The van der Waals surface area contributed by atoms with Crippen LogP contribution in [0.15, 0.2) is 82.1 Å². The molecular formula is C30H25ClN2O6S. The molecule has 0 spiro atoms. The van der Waals surface area contributed by atoms with Crippen molar-refractivity contribution in [1.29, 1.82) is 0 Å². The van der Waals surface area contributed by atoms with Gasteiger partial charge in [0.2, 0.25) is 0 Å². The first-order valence-corrected chi connectivity index (χ1v) is 13.5. The topological polar surface area (TPSA) is 99.4 Å². The van der Waals surface area contributed by atoms with Gasteiger partial charge >= 0.3 is 5.97 Å². The number of halogens is 1. The molecule has 0 saturated heterocycles. The molecule has 1 aliphatic heterocycles. The van der Waals surface area contributed by atoms with Crippen LogP contribution in [0.5, 0.6) is 17.2 Å². The van der Waals surface area contributed by atoms with Crippen LogP contribution in [0, 0.1) is 0 Å². The quantitative estimate of drug-likeness (QED) is 0.329. The van der Waals surface area contributed by atoms with Gasteiger partial charge in [0.25, 0.3) is 5.56 Å². The summed E-state index contributed by atoms with van der Waals surface area (Å²) in [6, 6.07) is 18.8. The van der Waals surface area contributed by atoms with Crippen molar-refractivity contribution in [2.45, 2.75) is 13.0 Å². The van der Waals surface area contributed by atoms with Crippen LogP contribution >= 0.6 is 22.9 Å². The molecule has 0 unspecified atom stereocenters. The van der Waals surface area contributed by atoms with Gasteiger partial charge in [-0.2, -0.15) is 0 Å². The second-order valence-electron chi connectivity index (χ2n) is 8.76. The molecule has 0 fully saturated rings. The number of phenolic OH excluding ortho intramolecular Hbond substituents is 1. The van der Waals surface area contributed by atoms with Crippen LogP contribution in [0.2, 0.25) is 5.02 Å². The van der Waals surface area contributed by atoms with Gasteiger partial charge in [0.05, 0.1) is 47.7 Å². The summed E-state index contributed by atoms with van der Waals surface area (Å²) < 4.78 is 18.0. The Balaban J connectivity index is 1.83. The third kappa shape index (κ3) is 5.01. The monoisotopic (exact) mass is 576 g/mol. The molecule has 5 rings (SSSR count). The van der Waals surface area contributed by atoms with Gasteiger partial charge in [-0.05, 0) is 48.4 Å². The molecule has 4 aromatic rings. The summed E-state index contributed by atoms with van der Waals surface area (Å²) in [4.78, 5) is 32.8. The van der Waals surface area contributed by atoms with Crippen LogP contribution in [0.3, 0.4) is 0 Å². The van der Waals surface area contributed by atoms with E-state index in [0.717, 1.165) is 0 Å². The minimum absolute atomic E-state index is 0.0867. The Morgan fingerprint density at radius 3 is 2.58 bits per heavy atom. The molecule has 1 N–H and O–H groups in total. The van der Waals surface area contributed by atoms with E-state index in [0.29, 0.717) is 37.5 Å². The molecule has 40 heavy (non-hydrogen) atoms. The Bertz CT molecular complexity index is 1810. The highest BCUT2D eigenvalue weighted by Gasteiger charge is 2.35. The fourth-order valence-corrected chi connectivity index (χ4v) is 5.77. The van der Waals surface area contributed by atoms with Gasteiger partial charge in [-0.15, -0.1) is 0 Å². The van der Waals surface area contributed by atoms with Crippen molar-refractivity contribution in [2.75, 3.05) is 20.8 Å². The number of hydrogen-bond acceptors (Lipinski definition) is 8. The van der Waals surface area contributed by atoms with Crippen molar-refractivity contribution >= 4 is 40.7 Å². The maximum Gasteiger partial charge on any atom is 0.338 e. The van der Waals surface area contributed by atoms with Gasteiger partial charge in [0.1, 0.15) is 5.75 Å². The number of aromatic hydroxyl groups is 1. The molecule has 10 heteroatoms. The third-order valence-corrected chi connectivity index (χ3v) is 7.62. The molecule has 1 atom stereocenters. The van der Waals surface area contributed by atoms with Gasteiger partial charge in [0, 0.05) is 5.56 Å². The Kier molecular flexibility index (Phi) is 7.77. The summed E-state index contributed by atoms with van der Waals surface area (Å²) in [5.74, 6) is -0.00157. The number of carbonyl (C=O) groups excluding carboxylic acids is 1. The minimum atomic E-state index is -0.833. The average Bonchev–Trinajstić information content (AvgIpc) is 3.28. The molecule has 0 aliphatic carbocycles. The maximum absolute atomic E-state index is 14.0. The lowest BCUT2D eigenvalue weighted by atomic mass is 9.93. The van der Waals surface area contributed by atoms with Crippen LogP contribution in [0.1, 0.15) is 29.7 Å². The SMILES string of the molecule is CCOC(=O)C1=C(c2ccccc2)N=c2s/c(=C\c3cc(Cl)c(O)c(OC)c3)c(=O)n2[C@@H]1c1cccc(OC)c1. The molecule has 2 heterocycles. The molecular weight excluding hydrogens is 552 g/mol. The lowest BCUT2D eigenvalue weighted by molar-refractivity contribution is -0.138. The van der Waals surface area contributed by atoms with Crippen LogP contribution in [0.25, 0.3) is 11.8 Å². The number of esters is 1. The van der Waals surface area contributed by atoms with Crippen LogP contribution in [-0.2, 0) is 9.53 Å². The van der Waals surface area contributed by atoms with E-state index in [1.165, 1.54) is 29.1 Å². The minimum Gasteiger partial charge on any atom is -0.503 e. The second-order valence-corrected chi connectivity index (χ2v) is 10.2. The fourth-order valence-electron chi connectivity index (χ4n) is 4.55. The molecule has 1 aliphatic rings. The van der Waals surface area contributed by atoms with E-state index in [2.05, 4.69) is 0 Å². The Hall–Kier alpha value is -4.34. The van der Waals surface area contributed by atoms with Crippen LogP contribution < -0.4 is 24.4 Å². The lowest BCUT2D eigenvalue weighted by Crippen LogP contribution is -2.40. The van der Waals surface area contributed by atoms with Gasteiger partial charge in [0.15, 0.2) is 16.3 Å². The predicted octanol–water partition coefficient (Wildman–Crippen LogP) is 4.31. The molecule has 1 aromatic heterocycles. The van der Waals surface area contributed by atoms with E-state index in [4.69, 9.17) is 30.8 Å². The highest BCUT2D eigenvalue weighted by molar-refractivity contribution is 7.07. The number of nitrogens with zero attached hydrogens (tertiary/aromatic N) is 2. The number of carbonyl (C=O) groups is 1. The normalized spacial score (nSPS) is 14.9. The highest BCUT2D eigenvalue weighted by Crippen LogP contribution is 2.37. The average molecular weight is 577 g/mol. The molecule has 8 nitrogen and oxygen atoms in total. The predicted molar refractivity (Wildman–Crippen MR) is 154 cm³/mol. The van der Waals surface area contributed by atoms with E-state index in [-0.39, 0.29) is 34.3 Å². The Labute approximate surface area is 238 Å². The number of fused-ring (bicyclic) bond motifs is 1. The standard InChI is InChI=1S/C30H25ClN2O6S/c1-4-39-29(36)24-25(18-9-6-5-7-10-18)32-30-33(26(24)19-11-8-12-20(16-19)37-2)28(35)23(40-30)15-17-13-21(31)27(34)22(14-17)38-3/h5-16,26,34H,4H2,1-3H3/b23-15-/t26-/m1/s1. The summed E-state index contributed by atoms with van der Waals surface area (Å²) in [5.41, 5.74) is 2.24. The first-order chi connectivity index (χ1) is 19.4. The van der Waals surface area contributed by atoms with Gasteiger partial charge in [-0.3, -0.25) is 9.36 Å². The maximum atomic E-state index is 14.0. The highest BCUT2D eigenvalue weighted by atomic mass is 35.5. The summed E-state index contributed by atoms with van der Waals surface area (Å²) >= 11 is 7.37. The molecule has 0 bridgehead atoms. The number of ether oxygens (including phenoxy) is 3. The summed E-state index contributed by atoms with van der Waals surface area (Å²) in [6.07, 6.45) is 1.65. The number of benzene rings is 3. The fraction of sp³-hybridized carbons (Fsp3) is 0.167. The number of phenols is 1. The van der Waals surface area contributed by atoms with E-state index in [9.17, 15) is 14.7 Å². The molecule has 0 radical (unpaired) electrons. The Morgan fingerprint density at radius 1 is 1.10 bits per heavy atom. The second kappa shape index (κ2) is 11.4. The zero-order chi connectivity index (χ0) is 28.4. The number of aromatic nitrogens is 1. The molecule has 204 valence electrons. The van der Waals surface area contributed by atoms with Crippen LogP contribution in [-0.4, -0.2) is 36.5 Å². The van der Waals surface area contributed by atoms with Crippen molar-refractivity contribution in [2.24, 2.45) is 4.99 Å². The number of thiazole rings is 1. The number of hydrogen-bond donors (Lipinski definition) is 1. The zero-order valence-electron chi connectivity index (χ0n) is 21.9. The van der Waals surface area contributed by atoms with E-state index >= 15 is 0 Å². The first-order valence-electron chi connectivity index (χ1n) is 12.3. The summed E-state index contributed by atoms with van der Waals surface area (Å²) in [6.45, 7) is 1.89. The van der Waals surface area contributed by atoms with E-state index in [1.54, 1.807) is 44.4 Å². The lowest BCUT2D eigenvalue weighted by Gasteiger charge is -2.26. The number of rotatable bonds is 7. The zero-order valence-corrected chi connectivity index (χ0v) is 23.5. The van der Waals surface area contributed by atoms with E-state index < -0.39 is 12.0 Å². The third-order valence-electron chi connectivity index (χ3n) is 6.35. The Morgan fingerprint density at radius 2 is 1.88 bits per heavy atom. The molecule has 0 amide bonds. The van der Waals surface area contributed by atoms with Crippen molar-refractivity contribution < 1.29 is 24.1 Å². The number of methoxy groups -OCH3 is 2. The first kappa shape index (κ1) is 27.2. The molecule has 3 aromatic carbocycles. The van der Waals surface area contributed by atoms with E-state index in [1.807, 2.05) is 36.4 Å². The van der Waals surface area contributed by atoms with Gasteiger partial charge < -0.3 is 19.3 Å². The largest absolute Gasteiger partial charge is 0.503 e. The smallest absolute Gasteiger partial charge is 0.338 e. The summed E-state index contributed by atoms with van der Waals surface area (Å²) in [5, 5.41) is 10.2. The molecule has 0 saturated carbocycles. The summed E-state index contributed by atoms with van der Waals surface area (Å²) in [7, 11) is 2.97. The van der Waals surface area contributed by atoms with Crippen LogP contribution in [0.4, 0.5) is 0 Å². The van der Waals surface area contributed by atoms with Crippen molar-refractivity contribution in [3.8, 4) is 17.2 Å². The van der Waals surface area contributed by atoms with Crippen molar-refractivity contribution in [3.63, 3.8) is 0 Å². The van der Waals surface area contributed by atoms with Gasteiger partial charge in [-0.25, -0.2) is 9.79 Å². The van der Waals surface area contributed by atoms with Crippen molar-refractivity contribution in [3.05, 3.63) is 114 Å². The van der Waals surface area contributed by atoms with Crippen molar-refractivity contribution in [1.82, 2.24) is 4.57 Å².